The first kappa shape index (κ1) is 13.2. The highest BCUT2D eigenvalue weighted by molar-refractivity contribution is 7.99. The largest absolute Gasteiger partial charge is 0.382 e. The fourth-order valence-corrected chi connectivity index (χ4v) is 2.21. The first-order valence-electron chi connectivity index (χ1n) is 5.48. The van der Waals surface area contributed by atoms with Gasteiger partial charge in [0.2, 0.25) is 0 Å². The van der Waals surface area contributed by atoms with E-state index in [9.17, 15) is 4.39 Å². The van der Waals surface area contributed by atoms with E-state index in [0.29, 0.717) is 17.3 Å². The van der Waals surface area contributed by atoms with E-state index in [4.69, 9.17) is 11.6 Å². The van der Waals surface area contributed by atoms with Gasteiger partial charge in [0.1, 0.15) is 5.82 Å². The third kappa shape index (κ3) is 3.89. The summed E-state index contributed by atoms with van der Waals surface area (Å²) in [6.07, 6.45) is 1.62. The van der Waals surface area contributed by atoms with Crippen LogP contribution in [0.1, 0.15) is 0 Å². The highest BCUT2D eigenvalue weighted by Gasteiger charge is 1.99. The molecule has 2 aromatic rings. The average Bonchev–Trinajstić information content (AvgIpc) is 2.39. The Labute approximate surface area is 115 Å². The number of rotatable bonds is 5. The summed E-state index contributed by atoms with van der Waals surface area (Å²) in [5.74, 6) is 0.579. The lowest BCUT2D eigenvalue weighted by Gasteiger charge is -2.06. The predicted octanol–water partition coefficient (Wildman–Crippen LogP) is 4.08. The number of para-hydroxylation sites is 1. The predicted molar refractivity (Wildman–Crippen MR) is 74.9 cm³/mol. The molecule has 0 atom stereocenters. The van der Waals surface area contributed by atoms with Crippen molar-refractivity contribution in [1.29, 1.82) is 0 Å². The Bertz CT molecular complexity index is 505. The summed E-state index contributed by atoms with van der Waals surface area (Å²) >= 11 is 7.34. The van der Waals surface area contributed by atoms with Crippen LogP contribution in [0.15, 0.2) is 47.6 Å². The van der Waals surface area contributed by atoms with Crippen molar-refractivity contribution in [3.8, 4) is 0 Å². The number of thioether (sulfide) groups is 1. The minimum Gasteiger partial charge on any atom is -0.382 e. The fraction of sp³-hybridized carbons (Fsp3) is 0.154. The molecule has 1 aromatic carbocycles. The van der Waals surface area contributed by atoms with Crippen molar-refractivity contribution in [3.63, 3.8) is 0 Å². The van der Waals surface area contributed by atoms with Gasteiger partial charge in [0.05, 0.1) is 15.7 Å². The number of nitrogens with one attached hydrogen (secondary N) is 1. The summed E-state index contributed by atoms with van der Waals surface area (Å²) in [6.45, 7) is 0.676. The van der Waals surface area contributed by atoms with Gasteiger partial charge in [0, 0.05) is 18.5 Å². The highest BCUT2D eigenvalue weighted by atomic mass is 35.5. The van der Waals surface area contributed by atoms with Crippen molar-refractivity contribution >= 4 is 29.1 Å². The van der Waals surface area contributed by atoms with Crippen molar-refractivity contribution in [2.24, 2.45) is 0 Å². The van der Waals surface area contributed by atoms with Gasteiger partial charge in [0.15, 0.2) is 0 Å². The molecule has 0 saturated carbocycles. The Hall–Kier alpha value is -1.26. The summed E-state index contributed by atoms with van der Waals surface area (Å²) in [5, 5.41) is 4.59. The number of hydrogen-bond donors (Lipinski definition) is 1. The SMILES string of the molecule is Fc1ccccc1NCCSc1ccc(Cl)cn1. The average molecular weight is 283 g/mol. The first-order valence-corrected chi connectivity index (χ1v) is 6.85. The van der Waals surface area contributed by atoms with Crippen molar-refractivity contribution in [2.75, 3.05) is 17.6 Å². The normalized spacial score (nSPS) is 10.3. The Kier molecular flexibility index (Phi) is 4.84. The molecule has 2 nitrogen and oxygen atoms in total. The van der Waals surface area contributed by atoms with E-state index >= 15 is 0 Å². The molecule has 1 heterocycles. The van der Waals surface area contributed by atoms with Gasteiger partial charge in [-0.05, 0) is 24.3 Å². The molecule has 1 aromatic heterocycles. The molecule has 0 spiro atoms. The molecule has 0 aliphatic rings. The molecule has 94 valence electrons. The lowest BCUT2D eigenvalue weighted by molar-refractivity contribution is 0.630. The molecular formula is C13H12ClFN2S. The molecule has 0 bridgehead atoms. The topological polar surface area (TPSA) is 24.9 Å². The maximum Gasteiger partial charge on any atom is 0.146 e. The van der Waals surface area contributed by atoms with Crippen LogP contribution in [-0.4, -0.2) is 17.3 Å². The van der Waals surface area contributed by atoms with Gasteiger partial charge in [-0.15, -0.1) is 11.8 Å². The monoisotopic (exact) mass is 282 g/mol. The summed E-state index contributed by atoms with van der Waals surface area (Å²) in [4.78, 5) is 4.17. The number of nitrogens with zero attached hydrogens (tertiary/aromatic N) is 1. The van der Waals surface area contributed by atoms with E-state index in [-0.39, 0.29) is 5.82 Å². The van der Waals surface area contributed by atoms with E-state index in [2.05, 4.69) is 10.3 Å². The van der Waals surface area contributed by atoms with Crippen molar-refractivity contribution in [2.45, 2.75) is 5.03 Å². The van der Waals surface area contributed by atoms with Crippen molar-refractivity contribution in [3.05, 3.63) is 53.4 Å². The lowest BCUT2D eigenvalue weighted by Crippen LogP contribution is -2.05. The minimum atomic E-state index is -0.230. The number of anilines is 1. The van der Waals surface area contributed by atoms with Crippen LogP contribution in [-0.2, 0) is 0 Å². The van der Waals surface area contributed by atoms with Crippen LogP contribution in [0.25, 0.3) is 0 Å². The molecule has 2 rings (SSSR count). The third-order valence-corrected chi connectivity index (χ3v) is 3.41. The molecule has 0 aliphatic carbocycles. The van der Waals surface area contributed by atoms with Gasteiger partial charge in [-0.1, -0.05) is 23.7 Å². The Morgan fingerprint density at radius 2 is 2.06 bits per heavy atom. The maximum atomic E-state index is 13.3. The zero-order valence-corrected chi connectivity index (χ0v) is 11.1. The van der Waals surface area contributed by atoms with Gasteiger partial charge in [-0.2, -0.15) is 0 Å². The molecular weight excluding hydrogens is 271 g/mol. The standard InChI is InChI=1S/C13H12ClFN2S/c14-10-5-6-13(17-9-10)18-8-7-16-12-4-2-1-3-11(12)15/h1-6,9,16H,7-8H2. The second kappa shape index (κ2) is 6.61. The van der Waals surface area contributed by atoms with E-state index < -0.39 is 0 Å². The Morgan fingerprint density at radius 1 is 1.22 bits per heavy atom. The van der Waals surface area contributed by atoms with Crippen molar-refractivity contribution in [1.82, 2.24) is 4.98 Å². The van der Waals surface area contributed by atoms with E-state index in [0.717, 1.165) is 10.8 Å². The van der Waals surface area contributed by atoms with Gasteiger partial charge >= 0.3 is 0 Å². The van der Waals surface area contributed by atoms with Gasteiger partial charge in [0.25, 0.3) is 0 Å². The summed E-state index contributed by atoms with van der Waals surface area (Å²) in [5.41, 5.74) is 0.530. The number of halogens is 2. The van der Waals surface area contributed by atoms with Gasteiger partial charge in [-0.3, -0.25) is 0 Å². The maximum absolute atomic E-state index is 13.3. The third-order valence-electron chi connectivity index (χ3n) is 2.24. The molecule has 0 radical (unpaired) electrons. The highest BCUT2D eigenvalue weighted by Crippen LogP contribution is 2.17. The summed E-state index contributed by atoms with van der Waals surface area (Å²) < 4.78 is 13.3. The lowest BCUT2D eigenvalue weighted by atomic mass is 10.3. The number of benzene rings is 1. The molecule has 0 amide bonds. The molecule has 5 heteroatoms. The van der Waals surface area contributed by atoms with Crippen molar-refractivity contribution < 1.29 is 4.39 Å². The van der Waals surface area contributed by atoms with Crippen LogP contribution in [0.5, 0.6) is 0 Å². The molecule has 0 aliphatic heterocycles. The quantitative estimate of drug-likeness (QED) is 0.661. The number of hydrogen-bond acceptors (Lipinski definition) is 3. The molecule has 0 fully saturated rings. The first-order chi connectivity index (χ1) is 8.75. The number of pyridine rings is 1. The smallest absolute Gasteiger partial charge is 0.146 e. The van der Waals surface area contributed by atoms with Crippen LogP contribution in [0.2, 0.25) is 5.02 Å². The zero-order chi connectivity index (χ0) is 12.8. The van der Waals surface area contributed by atoms with Crippen LogP contribution in [0.4, 0.5) is 10.1 Å². The van der Waals surface area contributed by atoms with Crippen LogP contribution < -0.4 is 5.32 Å². The van der Waals surface area contributed by atoms with Crippen LogP contribution in [0, 0.1) is 5.82 Å². The summed E-state index contributed by atoms with van der Waals surface area (Å²) in [6, 6.07) is 10.3. The molecule has 0 saturated heterocycles. The fourth-order valence-electron chi connectivity index (χ4n) is 1.39. The van der Waals surface area contributed by atoms with Crippen LogP contribution >= 0.6 is 23.4 Å². The van der Waals surface area contributed by atoms with E-state index in [1.165, 1.54) is 6.07 Å². The Morgan fingerprint density at radius 3 is 2.78 bits per heavy atom. The van der Waals surface area contributed by atoms with Crippen LogP contribution in [0.3, 0.4) is 0 Å². The summed E-state index contributed by atoms with van der Waals surface area (Å²) in [7, 11) is 0. The molecule has 1 N–H and O–H groups in total. The second-order valence-electron chi connectivity index (χ2n) is 3.57. The Balaban J connectivity index is 1.76. The van der Waals surface area contributed by atoms with E-state index in [1.807, 2.05) is 6.07 Å². The van der Waals surface area contributed by atoms with Gasteiger partial charge in [-0.25, -0.2) is 9.37 Å². The molecule has 18 heavy (non-hydrogen) atoms. The van der Waals surface area contributed by atoms with E-state index in [1.54, 1.807) is 42.2 Å². The number of aromatic nitrogens is 1. The van der Waals surface area contributed by atoms with Gasteiger partial charge < -0.3 is 5.32 Å². The molecule has 0 unspecified atom stereocenters. The second-order valence-corrected chi connectivity index (χ2v) is 5.12. The zero-order valence-electron chi connectivity index (χ0n) is 9.57. The minimum absolute atomic E-state index is 0.230.